The Kier molecular flexibility index (Phi) is 17.5. The fourth-order valence-electron chi connectivity index (χ4n) is 8.24. The van der Waals surface area contributed by atoms with Crippen LogP contribution in [0, 0.1) is 5.41 Å². The van der Waals surface area contributed by atoms with Crippen LogP contribution in [0.5, 0.6) is 0 Å². The van der Waals surface area contributed by atoms with Gasteiger partial charge in [-0.1, -0.05) is 103 Å². The van der Waals surface area contributed by atoms with E-state index >= 15 is 0 Å². The van der Waals surface area contributed by atoms with Gasteiger partial charge in [-0.05, 0) is 64.6 Å². The molecule has 342 valence electrons. The van der Waals surface area contributed by atoms with Gasteiger partial charge in [0.05, 0.1) is 25.0 Å². The third-order valence-electron chi connectivity index (χ3n) is 11.8. The average Bonchev–Trinajstić information content (AvgIpc) is 3.32. The van der Waals surface area contributed by atoms with Crippen molar-refractivity contribution in [3.8, 4) is 11.1 Å². The van der Waals surface area contributed by atoms with Gasteiger partial charge in [-0.3, -0.25) is 28.8 Å². The number of ether oxygens (including phenoxy) is 1. The number of nitrogens with one attached hydrogen (secondary N) is 5. The van der Waals surface area contributed by atoms with Crippen molar-refractivity contribution in [2.24, 2.45) is 16.9 Å². The first-order valence-corrected chi connectivity index (χ1v) is 22.2. The molecule has 2 heterocycles. The largest absolute Gasteiger partial charge is 0.378 e. The van der Waals surface area contributed by atoms with Crippen LogP contribution in [-0.4, -0.2) is 98.4 Å². The van der Waals surface area contributed by atoms with Crippen LogP contribution in [-0.2, 0) is 65.9 Å². The zero-order valence-electron chi connectivity index (χ0n) is 36.7. The molecule has 3 atom stereocenters. The van der Waals surface area contributed by atoms with Crippen LogP contribution in [0.4, 0.5) is 0 Å². The Balaban J connectivity index is 1.30. The molecule has 0 aliphatic carbocycles. The molecule has 2 aliphatic heterocycles. The third kappa shape index (κ3) is 13.9. The summed E-state index contributed by atoms with van der Waals surface area (Å²) in [5.41, 5.74) is 16.2. The highest BCUT2D eigenvalue weighted by Gasteiger charge is 2.44. The molecule has 4 aromatic carbocycles. The molecule has 0 radical (unpaired) electrons. The maximum Gasteiger partial charge on any atom is 0.246 e. The number of hydrogen-bond donors (Lipinski definition) is 7. The Morgan fingerprint density at radius 3 is 2.17 bits per heavy atom. The summed E-state index contributed by atoms with van der Waals surface area (Å²) in [6.45, 7) is 2.02. The number of rotatable bonds is 12. The summed E-state index contributed by atoms with van der Waals surface area (Å²) in [6, 6.07) is 30.6. The second-order valence-corrected chi connectivity index (χ2v) is 16.5. The predicted octanol–water partition coefficient (Wildman–Crippen LogP) is 2.20. The van der Waals surface area contributed by atoms with Gasteiger partial charge in [-0.2, -0.15) is 0 Å². The Bertz CT molecular complexity index is 2290. The molecule has 15 nitrogen and oxygen atoms in total. The van der Waals surface area contributed by atoms with Crippen LogP contribution in [0.15, 0.2) is 115 Å². The van der Waals surface area contributed by atoms with Gasteiger partial charge in [0, 0.05) is 64.4 Å². The van der Waals surface area contributed by atoms with Gasteiger partial charge in [0.15, 0.2) is 0 Å². The van der Waals surface area contributed by atoms with Gasteiger partial charge in [-0.15, -0.1) is 0 Å². The number of fused-ring (bicyclic) bond motifs is 3. The summed E-state index contributed by atoms with van der Waals surface area (Å²) >= 11 is 0. The SMILES string of the molecule is NCCOCCNC(=O)[C@@H]1CCNC(=O)/C=C/C(=O)N2CCC[C@](Cc3ccccc3)(C2)C(=O)N[C@@H](Cc2ccc(-c3ccc(CN)cc3)cc2)C(=O)NCc2ccccc2CC(=O)N1. The second kappa shape index (κ2) is 23.8. The van der Waals surface area contributed by atoms with Crippen LogP contribution in [0.1, 0.15) is 47.1 Å². The summed E-state index contributed by atoms with van der Waals surface area (Å²) in [6.07, 6.45) is 3.70. The molecule has 1 saturated heterocycles. The fourth-order valence-corrected chi connectivity index (χ4v) is 8.24. The molecular formula is C50H60N8O7. The molecule has 4 aromatic rings. The highest BCUT2D eigenvalue weighted by atomic mass is 16.5. The molecule has 0 unspecified atom stereocenters. The fraction of sp³-hybridized carbons (Fsp3) is 0.360. The van der Waals surface area contributed by atoms with Gasteiger partial charge in [-0.25, -0.2) is 0 Å². The summed E-state index contributed by atoms with van der Waals surface area (Å²) in [7, 11) is 0. The molecule has 15 heteroatoms. The van der Waals surface area contributed by atoms with Crippen molar-refractivity contribution in [1.82, 2.24) is 31.5 Å². The number of carbonyl (C=O) groups is 6. The first-order chi connectivity index (χ1) is 31.6. The number of nitrogens with zero attached hydrogens (tertiary/aromatic N) is 1. The second-order valence-electron chi connectivity index (χ2n) is 16.5. The Hall–Kier alpha value is -6.68. The number of hydrogen-bond acceptors (Lipinski definition) is 9. The number of nitrogens with two attached hydrogens (primary N) is 2. The van der Waals surface area contributed by atoms with Crippen molar-refractivity contribution in [2.75, 3.05) is 45.9 Å². The predicted molar refractivity (Wildman–Crippen MR) is 247 cm³/mol. The molecule has 6 rings (SSSR count). The van der Waals surface area contributed by atoms with Crippen molar-refractivity contribution in [1.29, 1.82) is 0 Å². The van der Waals surface area contributed by atoms with Crippen molar-refractivity contribution in [3.63, 3.8) is 0 Å². The number of piperidine rings is 1. The van der Waals surface area contributed by atoms with Gasteiger partial charge < -0.3 is 47.7 Å². The first kappa shape index (κ1) is 47.8. The summed E-state index contributed by atoms with van der Waals surface area (Å²) < 4.78 is 5.37. The van der Waals surface area contributed by atoms with Crippen LogP contribution in [0.3, 0.4) is 0 Å². The molecule has 0 spiro atoms. The average molecular weight is 885 g/mol. The number of benzene rings is 4. The summed E-state index contributed by atoms with van der Waals surface area (Å²) in [4.78, 5) is 84.5. The van der Waals surface area contributed by atoms with Crippen LogP contribution >= 0.6 is 0 Å². The Labute approximate surface area is 380 Å². The van der Waals surface area contributed by atoms with Gasteiger partial charge in [0.1, 0.15) is 12.1 Å². The molecule has 2 bridgehead atoms. The van der Waals surface area contributed by atoms with E-state index in [2.05, 4.69) is 26.6 Å². The van der Waals surface area contributed by atoms with E-state index in [-0.39, 0.29) is 58.0 Å². The van der Waals surface area contributed by atoms with Gasteiger partial charge in [0.25, 0.3) is 0 Å². The van der Waals surface area contributed by atoms with E-state index in [9.17, 15) is 28.8 Å². The van der Waals surface area contributed by atoms with E-state index in [0.29, 0.717) is 56.6 Å². The number of amides is 6. The quantitative estimate of drug-likeness (QED) is 0.103. The molecule has 0 saturated carbocycles. The van der Waals surface area contributed by atoms with Crippen LogP contribution in [0.2, 0.25) is 0 Å². The Morgan fingerprint density at radius 2 is 1.46 bits per heavy atom. The third-order valence-corrected chi connectivity index (χ3v) is 11.8. The van der Waals surface area contributed by atoms with Crippen molar-refractivity contribution >= 4 is 35.4 Å². The zero-order valence-corrected chi connectivity index (χ0v) is 36.7. The van der Waals surface area contributed by atoms with Crippen molar-refractivity contribution < 1.29 is 33.5 Å². The highest BCUT2D eigenvalue weighted by Crippen LogP contribution is 2.35. The van der Waals surface area contributed by atoms with Gasteiger partial charge >= 0.3 is 0 Å². The molecular weight excluding hydrogens is 825 g/mol. The molecule has 6 amide bonds. The topological polar surface area (TPSA) is 227 Å². The van der Waals surface area contributed by atoms with Gasteiger partial charge in [0.2, 0.25) is 35.4 Å². The van der Waals surface area contributed by atoms with Crippen molar-refractivity contribution in [3.05, 3.63) is 143 Å². The van der Waals surface area contributed by atoms with E-state index in [4.69, 9.17) is 16.2 Å². The van der Waals surface area contributed by atoms with E-state index in [1.54, 1.807) is 23.1 Å². The van der Waals surface area contributed by atoms with Crippen LogP contribution in [0.25, 0.3) is 11.1 Å². The van der Waals surface area contributed by atoms with E-state index in [1.807, 2.05) is 84.9 Å². The minimum atomic E-state index is -1.10. The zero-order chi connectivity index (χ0) is 46.0. The van der Waals surface area contributed by atoms with E-state index in [1.165, 1.54) is 6.08 Å². The monoisotopic (exact) mass is 884 g/mol. The normalized spacial score (nSPS) is 20.7. The molecule has 1 fully saturated rings. The standard InChI is InChI=1S/C50H60N8O7/c51-23-27-65-28-25-54-47(62)42-21-24-53-44(59)19-20-46(61)58-26-6-22-50(34-58,31-36-7-2-1-3-8-36)49(64)57-43(48(63)55-33-41-10-5-4-9-40(41)30-45(60)56-42)29-35-11-15-38(16-12-35)39-17-13-37(32-52)14-18-39/h1-5,7-20,42-43H,6,21-34,51-52H2,(H,53,59)(H,54,62)(H,55,63)(H,56,60)(H,57,64)/b20-19+/t42-,43-,50-/m0/s1. The maximum absolute atomic E-state index is 14.9. The number of carbonyl (C=O) groups excluding carboxylic acids is 6. The lowest BCUT2D eigenvalue weighted by Gasteiger charge is -2.42. The lowest BCUT2D eigenvalue weighted by molar-refractivity contribution is -0.141. The first-order valence-electron chi connectivity index (χ1n) is 22.2. The van der Waals surface area contributed by atoms with Crippen molar-refractivity contribution in [2.45, 2.75) is 63.7 Å². The van der Waals surface area contributed by atoms with E-state index < -0.39 is 47.0 Å². The Morgan fingerprint density at radius 1 is 0.769 bits per heavy atom. The highest BCUT2D eigenvalue weighted by molar-refractivity contribution is 5.97. The minimum Gasteiger partial charge on any atom is -0.378 e. The molecule has 65 heavy (non-hydrogen) atoms. The summed E-state index contributed by atoms with van der Waals surface area (Å²) in [5, 5.41) is 14.4. The summed E-state index contributed by atoms with van der Waals surface area (Å²) in [5.74, 6) is -2.71. The lowest BCUT2D eigenvalue weighted by atomic mass is 9.74. The lowest BCUT2D eigenvalue weighted by Crippen LogP contribution is -2.58. The van der Waals surface area contributed by atoms with E-state index in [0.717, 1.165) is 33.9 Å². The molecule has 2 aliphatic rings. The maximum atomic E-state index is 14.9. The smallest absolute Gasteiger partial charge is 0.246 e. The minimum absolute atomic E-state index is 0.0143. The molecule has 9 N–H and O–H groups in total. The molecule has 0 aromatic heterocycles. The van der Waals surface area contributed by atoms with Crippen LogP contribution < -0.4 is 38.1 Å².